The molecule has 120 valence electrons. The quantitative estimate of drug-likeness (QED) is 0.810. The molecule has 1 N–H and O–H groups in total. The van der Waals surface area contributed by atoms with Crippen LogP contribution in [0.3, 0.4) is 0 Å². The summed E-state index contributed by atoms with van der Waals surface area (Å²) in [6, 6.07) is -0.255. The number of nitrogens with zero attached hydrogens (tertiary/aromatic N) is 1. The summed E-state index contributed by atoms with van der Waals surface area (Å²) in [4.78, 5) is 25.5. The summed E-state index contributed by atoms with van der Waals surface area (Å²) in [5.41, 5.74) is 0. The average molecular weight is 316 g/mol. The Morgan fingerprint density at radius 2 is 1.81 bits per heavy atom. The van der Waals surface area contributed by atoms with Crippen molar-refractivity contribution in [2.45, 2.75) is 44.6 Å². The second-order valence-corrected chi connectivity index (χ2v) is 8.34. The number of sulfone groups is 1. The van der Waals surface area contributed by atoms with Gasteiger partial charge >= 0.3 is 0 Å². The molecule has 1 aliphatic carbocycles. The Kier molecular flexibility index (Phi) is 5.24. The zero-order valence-corrected chi connectivity index (χ0v) is 13.3. The Hall–Kier alpha value is -1.11. The van der Waals surface area contributed by atoms with Crippen LogP contribution in [0.4, 0.5) is 0 Å². The molecular formula is C14H24N2O4S. The number of amides is 2. The molecule has 7 heteroatoms. The van der Waals surface area contributed by atoms with Gasteiger partial charge in [-0.05, 0) is 19.3 Å². The number of carbonyl (C=O) groups is 2. The molecule has 0 aromatic carbocycles. The van der Waals surface area contributed by atoms with Crippen LogP contribution >= 0.6 is 0 Å². The highest BCUT2D eigenvalue weighted by Crippen LogP contribution is 2.23. The van der Waals surface area contributed by atoms with Crippen molar-refractivity contribution in [1.82, 2.24) is 10.2 Å². The third kappa shape index (κ3) is 4.43. The van der Waals surface area contributed by atoms with Gasteiger partial charge in [-0.2, -0.15) is 0 Å². The summed E-state index contributed by atoms with van der Waals surface area (Å²) in [6.45, 7) is -0.0393. The summed E-state index contributed by atoms with van der Waals surface area (Å²) in [5.74, 6) is -0.0596. The Morgan fingerprint density at radius 3 is 2.38 bits per heavy atom. The van der Waals surface area contributed by atoms with Crippen LogP contribution in [0, 0.1) is 5.92 Å². The Labute approximate surface area is 126 Å². The minimum absolute atomic E-state index is 0.0312. The standard InChI is InChI=1S/C14H24N2O4S/c1-16(12-7-8-21(19,20)10-12)13(17)9-15-14(18)11-5-3-2-4-6-11/h11-12H,2-10H2,1H3,(H,15,18). The van der Waals surface area contributed by atoms with E-state index >= 15 is 0 Å². The van der Waals surface area contributed by atoms with Crippen LogP contribution in [-0.4, -0.2) is 56.3 Å². The molecule has 2 rings (SSSR count). The molecular weight excluding hydrogens is 292 g/mol. The average Bonchev–Trinajstić information content (AvgIpc) is 2.84. The zero-order chi connectivity index (χ0) is 15.5. The summed E-state index contributed by atoms with van der Waals surface area (Å²) in [6.07, 6.45) is 5.62. The molecule has 1 saturated heterocycles. The Bertz CT molecular complexity index is 497. The lowest BCUT2D eigenvalue weighted by atomic mass is 9.89. The minimum atomic E-state index is -3.00. The first-order valence-electron chi connectivity index (χ1n) is 7.63. The first-order chi connectivity index (χ1) is 9.89. The van der Waals surface area contributed by atoms with Crippen LogP contribution < -0.4 is 5.32 Å². The molecule has 0 bridgehead atoms. The highest BCUT2D eigenvalue weighted by Gasteiger charge is 2.32. The van der Waals surface area contributed by atoms with E-state index in [0.717, 1.165) is 25.7 Å². The van der Waals surface area contributed by atoms with Crippen LogP contribution in [0.2, 0.25) is 0 Å². The number of likely N-dealkylation sites (N-methyl/N-ethyl adjacent to an activating group) is 1. The lowest BCUT2D eigenvalue weighted by molar-refractivity contribution is -0.134. The lowest BCUT2D eigenvalue weighted by Gasteiger charge is -2.25. The SMILES string of the molecule is CN(C(=O)CNC(=O)C1CCCCC1)C1CCS(=O)(=O)C1. The van der Waals surface area contributed by atoms with Crippen LogP contribution in [0.25, 0.3) is 0 Å². The van der Waals surface area contributed by atoms with Gasteiger partial charge < -0.3 is 10.2 Å². The monoisotopic (exact) mass is 316 g/mol. The summed E-state index contributed by atoms with van der Waals surface area (Å²) in [5, 5.41) is 2.70. The normalized spacial score (nSPS) is 25.5. The van der Waals surface area contributed by atoms with Gasteiger partial charge in [0.1, 0.15) is 0 Å². The maximum atomic E-state index is 12.0. The van der Waals surface area contributed by atoms with Crippen molar-refractivity contribution in [3.63, 3.8) is 0 Å². The lowest BCUT2D eigenvalue weighted by Crippen LogP contribution is -2.45. The van der Waals surface area contributed by atoms with Gasteiger partial charge in [-0.25, -0.2) is 8.42 Å². The molecule has 2 aliphatic rings. The van der Waals surface area contributed by atoms with E-state index in [-0.39, 0.29) is 41.8 Å². The maximum absolute atomic E-state index is 12.0. The van der Waals surface area contributed by atoms with Crippen molar-refractivity contribution in [2.24, 2.45) is 5.92 Å². The smallest absolute Gasteiger partial charge is 0.241 e. The predicted octanol–water partition coefficient (Wildman–Crippen LogP) is 0.328. The highest BCUT2D eigenvalue weighted by atomic mass is 32.2. The molecule has 1 saturated carbocycles. The van der Waals surface area contributed by atoms with Crippen molar-refractivity contribution in [1.29, 1.82) is 0 Å². The summed E-state index contributed by atoms with van der Waals surface area (Å²) in [7, 11) is -1.39. The molecule has 1 atom stereocenters. The Morgan fingerprint density at radius 1 is 1.14 bits per heavy atom. The van der Waals surface area contributed by atoms with E-state index in [1.54, 1.807) is 7.05 Å². The van der Waals surface area contributed by atoms with Gasteiger partial charge in [-0.15, -0.1) is 0 Å². The molecule has 0 spiro atoms. The summed E-state index contributed by atoms with van der Waals surface area (Å²) >= 11 is 0. The van der Waals surface area contributed by atoms with Crippen molar-refractivity contribution in [3.05, 3.63) is 0 Å². The van der Waals surface area contributed by atoms with E-state index < -0.39 is 9.84 Å². The van der Waals surface area contributed by atoms with Crippen molar-refractivity contribution in [2.75, 3.05) is 25.1 Å². The molecule has 0 aromatic rings. The first kappa shape index (κ1) is 16.3. The molecule has 21 heavy (non-hydrogen) atoms. The fourth-order valence-corrected chi connectivity index (χ4v) is 4.86. The highest BCUT2D eigenvalue weighted by molar-refractivity contribution is 7.91. The van der Waals surface area contributed by atoms with Crippen LogP contribution in [0.5, 0.6) is 0 Å². The third-order valence-corrected chi connectivity index (χ3v) is 6.29. The number of rotatable bonds is 4. The van der Waals surface area contributed by atoms with E-state index in [1.165, 1.54) is 11.3 Å². The number of carbonyl (C=O) groups excluding carboxylic acids is 2. The first-order valence-corrected chi connectivity index (χ1v) is 9.45. The van der Waals surface area contributed by atoms with Crippen LogP contribution in [0.1, 0.15) is 38.5 Å². The Balaban J connectivity index is 1.77. The predicted molar refractivity (Wildman–Crippen MR) is 79.4 cm³/mol. The molecule has 1 aliphatic heterocycles. The van der Waals surface area contributed by atoms with Gasteiger partial charge in [-0.3, -0.25) is 9.59 Å². The molecule has 2 amide bonds. The van der Waals surface area contributed by atoms with Gasteiger partial charge in [-0.1, -0.05) is 19.3 Å². The van der Waals surface area contributed by atoms with Crippen molar-refractivity contribution < 1.29 is 18.0 Å². The second-order valence-electron chi connectivity index (χ2n) is 6.11. The van der Waals surface area contributed by atoms with Crippen molar-refractivity contribution >= 4 is 21.7 Å². The molecule has 1 heterocycles. The second kappa shape index (κ2) is 6.77. The van der Waals surface area contributed by atoms with Crippen molar-refractivity contribution in [3.8, 4) is 0 Å². The van der Waals surface area contributed by atoms with E-state index in [9.17, 15) is 18.0 Å². The van der Waals surface area contributed by atoms with E-state index in [4.69, 9.17) is 0 Å². The van der Waals surface area contributed by atoms with Gasteiger partial charge in [0.2, 0.25) is 11.8 Å². The topological polar surface area (TPSA) is 83.6 Å². The largest absolute Gasteiger partial charge is 0.347 e. The molecule has 0 radical (unpaired) electrons. The van der Waals surface area contributed by atoms with E-state index in [1.807, 2.05) is 0 Å². The van der Waals surface area contributed by atoms with Gasteiger partial charge in [0.05, 0.1) is 18.1 Å². The van der Waals surface area contributed by atoms with Gasteiger partial charge in [0.15, 0.2) is 9.84 Å². The fourth-order valence-electron chi connectivity index (χ4n) is 3.08. The molecule has 2 fully saturated rings. The molecule has 1 unspecified atom stereocenters. The van der Waals surface area contributed by atoms with Gasteiger partial charge in [0.25, 0.3) is 0 Å². The number of hydrogen-bond donors (Lipinski definition) is 1. The third-order valence-electron chi connectivity index (χ3n) is 4.54. The molecule has 0 aromatic heterocycles. The maximum Gasteiger partial charge on any atom is 0.241 e. The summed E-state index contributed by atoms with van der Waals surface area (Å²) < 4.78 is 22.9. The van der Waals surface area contributed by atoms with E-state index in [2.05, 4.69) is 5.32 Å². The minimum Gasteiger partial charge on any atom is -0.347 e. The number of hydrogen-bond acceptors (Lipinski definition) is 4. The van der Waals surface area contributed by atoms with E-state index in [0.29, 0.717) is 6.42 Å². The van der Waals surface area contributed by atoms with Crippen LogP contribution in [0.15, 0.2) is 0 Å². The van der Waals surface area contributed by atoms with Crippen LogP contribution in [-0.2, 0) is 19.4 Å². The molecule has 6 nitrogen and oxygen atoms in total. The fraction of sp³-hybridized carbons (Fsp3) is 0.857. The zero-order valence-electron chi connectivity index (χ0n) is 12.5. The number of nitrogens with one attached hydrogen (secondary N) is 1. The van der Waals surface area contributed by atoms with Gasteiger partial charge in [0, 0.05) is 19.0 Å².